The van der Waals surface area contributed by atoms with Gasteiger partial charge in [-0.25, -0.2) is 4.79 Å². The lowest BCUT2D eigenvalue weighted by Gasteiger charge is -2.36. The van der Waals surface area contributed by atoms with Crippen molar-refractivity contribution < 1.29 is 9.53 Å². The molecule has 0 bridgehead atoms. The molecule has 2 N–H and O–H groups in total. The van der Waals surface area contributed by atoms with Crippen LogP contribution in [0.3, 0.4) is 0 Å². The van der Waals surface area contributed by atoms with Gasteiger partial charge in [-0.2, -0.15) is 0 Å². The van der Waals surface area contributed by atoms with Crippen LogP contribution in [-0.4, -0.2) is 42.8 Å². The molecule has 0 unspecified atom stereocenters. The molecule has 1 aromatic carbocycles. The van der Waals surface area contributed by atoms with Gasteiger partial charge in [-0.15, -0.1) is 0 Å². The topological polar surface area (TPSA) is 87.7 Å². The molecular weight excluding hydrogens is 346 g/mol. The minimum absolute atomic E-state index is 0.0854. The van der Waals surface area contributed by atoms with Gasteiger partial charge in [-0.05, 0) is 38.0 Å². The van der Waals surface area contributed by atoms with Crippen LogP contribution in [0.4, 0.5) is 16.2 Å². The lowest BCUT2D eigenvalue weighted by Crippen LogP contribution is -2.47. The Kier molecular flexibility index (Phi) is 6.07. The largest absolute Gasteiger partial charge is 0.450 e. The first-order valence-corrected chi connectivity index (χ1v) is 10.2. The summed E-state index contributed by atoms with van der Waals surface area (Å²) in [5.74, 6) is 1.09. The van der Waals surface area contributed by atoms with E-state index in [2.05, 4.69) is 24.5 Å². The Hall–Kier alpha value is -2.05. The van der Waals surface area contributed by atoms with Crippen LogP contribution >= 0.6 is 0 Å². The number of nitrogens with zero attached hydrogens (tertiary/aromatic N) is 1. The number of carbonyl (C=O) groups excluding carboxylic acids is 1. The molecule has 1 aromatic rings. The predicted molar refractivity (Wildman–Crippen MR) is 106 cm³/mol. The highest BCUT2D eigenvalue weighted by Crippen LogP contribution is 2.32. The van der Waals surface area contributed by atoms with Crippen molar-refractivity contribution >= 4 is 17.5 Å². The fourth-order valence-electron chi connectivity index (χ4n) is 4.26. The standard InChI is InChI=1S/C20H31N3O4/c1-4-27-20(26)23-10-8-14(9-11-23)21-16-17(19(25)18(16)24)22-15-7-5-6-12(2)13(15)3/h12-15,21-22H,4-11H2,1-3H3/t12-,13-,15-/m1/s1. The number of nitrogens with one attached hydrogen (secondary N) is 2. The highest BCUT2D eigenvalue weighted by atomic mass is 16.6. The smallest absolute Gasteiger partial charge is 0.409 e. The van der Waals surface area contributed by atoms with Crippen LogP contribution in [0.1, 0.15) is 52.9 Å². The summed E-state index contributed by atoms with van der Waals surface area (Å²) in [6.45, 7) is 7.80. The summed E-state index contributed by atoms with van der Waals surface area (Å²) in [6, 6.07) is 0.325. The van der Waals surface area contributed by atoms with Crippen molar-refractivity contribution in [3.8, 4) is 0 Å². The van der Waals surface area contributed by atoms with Gasteiger partial charge in [-0.1, -0.05) is 26.7 Å². The van der Waals surface area contributed by atoms with E-state index in [0.29, 0.717) is 42.9 Å². The maximum absolute atomic E-state index is 12.1. The summed E-state index contributed by atoms with van der Waals surface area (Å²) in [4.78, 5) is 37.7. The second kappa shape index (κ2) is 8.31. The molecule has 0 spiro atoms. The van der Waals surface area contributed by atoms with E-state index in [9.17, 15) is 14.4 Å². The summed E-state index contributed by atoms with van der Waals surface area (Å²) in [5, 5.41) is 6.62. The number of amides is 1. The molecule has 1 amide bonds. The van der Waals surface area contributed by atoms with Crippen LogP contribution in [0.25, 0.3) is 0 Å². The first kappa shape index (κ1) is 19.7. The molecule has 1 aliphatic carbocycles. The molecule has 7 heteroatoms. The molecule has 3 atom stereocenters. The van der Waals surface area contributed by atoms with Crippen LogP contribution < -0.4 is 21.5 Å². The second-order valence-corrected chi connectivity index (χ2v) is 8.03. The van der Waals surface area contributed by atoms with E-state index in [1.165, 1.54) is 6.42 Å². The third kappa shape index (κ3) is 4.12. The zero-order chi connectivity index (χ0) is 19.6. The number of carbonyl (C=O) groups is 1. The highest BCUT2D eigenvalue weighted by Gasteiger charge is 2.32. The number of rotatable bonds is 5. The van der Waals surface area contributed by atoms with Crippen molar-refractivity contribution in [1.29, 1.82) is 0 Å². The zero-order valence-corrected chi connectivity index (χ0v) is 16.5. The van der Waals surface area contributed by atoms with Gasteiger partial charge in [-0.3, -0.25) is 9.59 Å². The van der Waals surface area contributed by atoms with Crippen molar-refractivity contribution in [2.24, 2.45) is 11.8 Å². The predicted octanol–water partition coefficient (Wildman–Crippen LogP) is 2.55. The maximum Gasteiger partial charge on any atom is 0.409 e. The number of hydrogen-bond donors (Lipinski definition) is 2. The third-order valence-corrected chi connectivity index (χ3v) is 6.32. The van der Waals surface area contributed by atoms with Gasteiger partial charge < -0.3 is 20.3 Å². The van der Waals surface area contributed by atoms with Gasteiger partial charge in [0.15, 0.2) is 0 Å². The minimum Gasteiger partial charge on any atom is -0.450 e. The fourth-order valence-corrected chi connectivity index (χ4v) is 4.26. The fraction of sp³-hybridized carbons (Fsp3) is 0.750. The van der Waals surface area contributed by atoms with E-state index in [1.807, 2.05) is 0 Å². The van der Waals surface area contributed by atoms with E-state index < -0.39 is 10.9 Å². The second-order valence-electron chi connectivity index (χ2n) is 8.03. The van der Waals surface area contributed by atoms with E-state index in [4.69, 9.17) is 4.74 Å². The van der Waals surface area contributed by atoms with Gasteiger partial charge in [0.25, 0.3) is 10.9 Å². The van der Waals surface area contributed by atoms with Crippen LogP contribution in [0.15, 0.2) is 9.59 Å². The van der Waals surface area contributed by atoms with Crippen LogP contribution in [0.5, 0.6) is 0 Å². The Labute approximate surface area is 160 Å². The van der Waals surface area contributed by atoms with Crippen molar-refractivity contribution in [2.45, 2.75) is 65.0 Å². The Bertz CT molecular complexity index is 732. The summed E-state index contributed by atoms with van der Waals surface area (Å²) >= 11 is 0. The van der Waals surface area contributed by atoms with E-state index in [-0.39, 0.29) is 18.2 Å². The van der Waals surface area contributed by atoms with Gasteiger partial charge in [0.1, 0.15) is 11.4 Å². The molecule has 150 valence electrons. The van der Waals surface area contributed by atoms with Crippen molar-refractivity contribution in [2.75, 3.05) is 30.3 Å². The summed E-state index contributed by atoms with van der Waals surface area (Å²) < 4.78 is 5.03. The molecule has 1 aliphatic heterocycles. The Balaban J connectivity index is 1.59. The maximum atomic E-state index is 12.1. The Morgan fingerprint density at radius 2 is 1.67 bits per heavy atom. The normalized spacial score (nSPS) is 26.8. The first-order valence-electron chi connectivity index (χ1n) is 10.2. The first-order chi connectivity index (χ1) is 12.9. The number of ether oxygens (including phenoxy) is 1. The van der Waals surface area contributed by atoms with E-state index in [1.54, 1.807) is 11.8 Å². The summed E-state index contributed by atoms with van der Waals surface area (Å²) in [5.41, 5.74) is 0.0486. The van der Waals surface area contributed by atoms with Crippen LogP contribution in [0.2, 0.25) is 0 Å². The average molecular weight is 377 g/mol. The number of anilines is 2. The molecule has 1 saturated heterocycles. The van der Waals surface area contributed by atoms with Crippen LogP contribution in [-0.2, 0) is 4.74 Å². The summed E-state index contributed by atoms with van der Waals surface area (Å²) in [6.07, 6.45) is 4.57. The molecule has 7 nitrogen and oxygen atoms in total. The van der Waals surface area contributed by atoms with E-state index in [0.717, 1.165) is 25.7 Å². The number of hydrogen-bond acceptors (Lipinski definition) is 6. The quantitative estimate of drug-likeness (QED) is 0.767. The Morgan fingerprint density at radius 1 is 1.04 bits per heavy atom. The summed E-state index contributed by atoms with van der Waals surface area (Å²) in [7, 11) is 0. The van der Waals surface area contributed by atoms with Crippen molar-refractivity contribution in [3.05, 3.63) is 20.4 Å². The van der Waals surface area contributed by atoms with Gasteiger partial charge >= 0.3 is 6.09 Å². The number of piperidine rings is 1. The number of likely N-dealkylation sites (tertiary alicyclic amines) is 1. The van der Waals surface area contributed by atoms with Crippen molar-refractivity contribution in [3.63, 3.8) is 0 Å². The SMILES string of the molecule is CCOC(=O)N1CCC(Nc2c(N[C@@H]3CCC[C@@H](C)[C@H]3C)c(=O)c2=O)CC1. The molecule has 27 heavy (non-hydrogen) atoms. The van der Waals surface area contributed by atoms with Gasteiger partial charge in [0, 0.05) is 25.2 Å². The Morgan fingerprint density at radius 3 is 2.30 bits per heavy atom. The molecule has 0 aromatic heterocycles. The van der Waals surface area contributed by atoms with Crippen molar-refractivity contribution in [1.82, 2.24) is 4.90 Å². The molecular formula is C20H31N3O4. The molecule has 3 rings (SSSR count). The van der Waals surface area contributed by atoms with Gasteiger partial charge in [0.2, 0.25) is 0 Å². The molecule has 1 saturated carbocycles. The third-order valence-electron chi connectivity index (χ3n) is 6.32. The average Bonchev–Trinajstić information content (AvgIpc) is 2.68. The molecule has 0 radical (unpaired) electrons. The molecule has 2 aliphatic rings. The lowest BCUT2D eigenvalue weighted by atomic mass is 9.78. The van der Waals surface area contributed by atoms with Gasteiger partial charge in [0.05, 0.1) is 6.61 Å². The monoisotopic (exact) mass is 377 g/mol. The minimum atomic E-state index is -0.429. The highest BCUT2D eigenvalue weighted by molar-refractivity contribution is 5.74. The zero-order valence-electron chi connectivity index (χ0n) is 16.5. The van der Waals surface area contributed by atoms with E-state index >= 15 is 0 Å². The van der Waals surface area contributed by atoms with Crippen LogP contribution in [0, 0.1) is 11.8 Å². The molecule has 1 heterocycles. The lowest BCUT2D eigenvalue weighted by molar-refractivity contribution is 0.0983. The molecule has 2 fully saturated rings.